The fraction of sp³-hybridized carbons (Fsp3) is 0.538. The molecule has 0 radical (unpaired) electrons. The maximum atomic E-state index is 12.1. The Morgan fingerprint density at radius 1 is 1.53 bits per heavy atom. The molecular weight excluding hydrogens is 332 g/mol. The van der Waals surface area contributed by atoms with Gasteiger partial charge in [0.25, 0.3) is 5.91 Å². The zero-order chi connectivity index (χ0) is 13.8. The lowest BCUT2D eigenvalue weighted by Crippen LogP contribution is -2.32. The van der Waals surface area contributed by atoms with Gasteiger partial charge in [-0.05, 0) is 46.7 Å². The molecule has 6 heteroatoms. The smallest absolute Gasteiger partial charge is 0.254 e. The maximum Gasteiger partial charge on any atom is 0.254 e. The lowest BCUT2D eigenvalue weighted by molar-refractivity contribution is 0.0937. The lowest BCUT2D eigenvalue weighted by atomic mass is 9.97. The molecule has 2 rings (SSSR count). The molecule has 1 aliphatic rings. The van der Waals surface area contributed by atoms with E-state index in [0.717, 1.165) is 23.7 Å². The van der Waals surface area contributed by atoms with Crippen molar-refractivity contribution in [2.45, 2.75) is 19.3 Å². The van der Waals surface area contributed by atoms with Crippen LogP contribution in [0.15, 0.2) is 16.7 Å². The van der Waals surface area contributed by atoms with Gasteiger partial charge in [0.1, 0.15) is 5.15 Å². The van der Waals surface area contributed by atoms with Crippen molar-refractivity contribution < 1.29 is 9.90 Å². The molecule has 0 bridgehead atoms. The summed E-state index contributed by atoms with van der Waals surface area (Å²) in [5.74, 6) is 0.437. The number of nitrogens with one attached hydrogen (secondary N) is 1. The van der Waals surface area contributed by atoms with Crippen molar-refractivity contribution in [3.05, 3.63) is 27.5 Å². The fourth-order valence-corrected chi connectivity index (χ4v) is 3.04. The van der Waals surface area contributed by atoms with Crippen LogP contribution < -0.4 is 5.32 Å². The van der Waals surface area contributed by atoms with Gasteiger partial charge in [0.15, 0.2) is 0 Å². The summed E-state index contributed by atoms with van der Waals surface area (Å²) >= 11 is 9.18. The molecular formula is C13H16BrClN2O2. The Bertz CT molecular complexity index is 470. The van der Waals surface area contributed by atoms with E-state index in [1.165, 1.54) is 0 Å². The van der Waals surface area contributed by atoms with Gasteiger partial charge in [0.05, 0.1) is 5.56 Å². The van der Waals surface area contributed by atoms with Crippen molar-refractivity contribution in [3.8, 4) is 0 Å². The molecule has 1 aromatic heterocycles. The van der Waals surface area contributed by atoms with Crippen LogP contribution >= 0.6 is 27.5 Å². The van der Waals surface area contributed by atoms with E-state index in [1.807, 2.05) is 0 Å². The molecule has 0 aromatic carbocycles. The summed E-state index contributed by atoms with van der Waals surface area (Å²) in [5, 5.41) is 12.3. The van der Waals surface area contributed by atoms with E-state index in [4.69, 9.17) is 11.6 Å². The zero-order valence-corrected chi connectivity index (χ0v) is 12.7. The second kappa shape index (κ2) is 6.68. The zero-order valence-electron chi connectivity index (χ0n) is 10.4. The average molecular weight is 348 g/mol. The molecule has 1 heterocycles. The molecule has 19 heavy (non-hydrogen) atoms. The topological polar surface area (TPSA) is 62.2 Å². The third-order valence-electron chi connectivity index (χ3n) is 3.63. The van der Waals surface area contributed by atoms with Crippen LogP contribution in [0.25, 0.3) is 0 Å². The number of carbonyl (C=O) groups excluding carboxylic acids is 1. The minimum Gasteiger partial charge on any atom is -0.396 e. The molecule has 2 atom stereocenters. The number of amides is 1. The number of aliphatic hydroxyl groups is 1. The molecule has 1 aromatic rings. The molecule has 0 aliphatic heterocycles. The van der Waals surface area contributed by atoms with E-state index in [2.05, 4.69) is 26.2 Å². The number of rotatable bonds is 4. The summed E-state index contributed by atoms with van der Waals surface area (Å²) in [6.07, 6.45) is 4.76. The van der Waals surface area contributed by atoms with Crippen molar-refractivity contribution in [3.63, 3.8) is 0 Å². The Morgan fingerprint density at radius 3 is 3.00 bits per heavy atom. The highest BCUT2D eigenvalue weighted by Gasteiger charge is 2.27. The number of hydrogen-bond donors (Lipinski definition) is 2. The number of hydrogen-bond acceptors (Lipinski definition) is 3. The number of nitrogens with zero attached hydrogens (tertiary/aromatic N) is 1. The lowest BCUT2D eigenvalue weighted by Gasteiger charge is -2.17. The van der Waals surface area contributed by atoms with Gasteiger partial charge in [-0.25, -0.2) is 4.98 Å². The predicted octanol–water partition coefficient (Wildman–Crippen LogP) is 2.64. The highest BCUT2D eigenvalue weighted by Crippen LogP contribution is 2.30. The van der Waals surface area contributed by atoms with Crippen LogP contribution in [0.1, 0.15) is 29.6 Å². The Kier molecular flexibility index (Phi) is 5.19. The minimum absolute atomic E-state index is 0.194. The third kappa shape index (κ3) is 3.68. The molecule has 1 amide bonds. The highest BCUT2D eigenvalue weighted by atomic mass is 79.9. The summed E-state index contributed by atoms with van der Waals surface area (Å²) in [6, 6.07) is 1.66. The van der Waals surface area contributed by atoms with Gasteiger partial charge in [0, 0.05) is 23.8 Å². The van der Waals surface area contributed by atoms with Crippen LogP contribution in [0.4, 0.5) is 0 Å². The first-order valence-corrected chi connectivity index (χ1v) is 7.49. The molecule has 1 aliphatic carbocycles. The Labute approximate surface area is 125 Å². The Balaban J connectivity index is 1.96. The molecule has 2 N–H and O–H groups in total. The number of aliphatic hydroxyl groups excluding tert-OH is 1. The van der Waals surface area contributed by atoms with Crippen molar-refractivity contribution in [1.29, 1.82) is 0 Å². The van der Waals surface area contributed by atoms with E-state index >= 15 is 0 Å². The van der Waals surface area contributed by atoms with Crippen LogP contribution in [0.2, 0.25) is 5.15 Å². The van der Waals surface area contributed by atoms with Gasteiger partial charge in [-0.2, -0.15) is 0 Å². The summed E-state index contributed by atoms with van der Waals surface area (Å²) in [4.78, 5) is 16.0. The van der Waals surface area contributed by atoms with E-state index in [1.54, 1.807) is 12.3 Å². The normalized spacial score (nSPS) is 22.5. The summed E-state index contributed by atoms with van der Waals surface area (Å²) in [7, 11) is 0. The average Bonchev–Trinajstić information content (AvgIpc) is 2.86. The third-order valence-corrected chi connectivity index (χ3v) is 4.36. The molecule has 0 saturated heterocycles. The monoisotopic (exact) mass is 346 g/mol. The standard InChI is InChI=1S/C13H16BrClN2O2/c14-10-4-11(12(15)16-6-10)13(19)17-5-8-2-1-3-9(8)7-18/h4,6,8-9,18H,1-3,5,7H2,(H,17,19). The number of halogens is 2. The van der Waals surface area contributed by atoms with Crippen molar-refractivity contribution in [2.75, 3.05) is 13.2 Å². The number of aromatic nitrogens is 1. The quantitative estimate of drug-likeness (QED) is 0.823. The van der Waals surface area contributed by atoms with Crippen molar-refractivity contribution in [2.24, 2.45) is 11.8 Å². The molecule has 1 saturated carbocycles. The number of pyridine rings is 1. The first kappa shape index (κ1) is 14.8. The summed E-state index contributed by atoms with van der Waals surface area (Å²) in [6.45, 7) is 0.770. The van der Waals surface area contributed by atoms with Crippen molar-refractivity contribution in [1.82, 2.24) is 10.3 Å². The molecule has 4 nitrogen and oxygen atoms in total. The van der Waals surface area contributed by atoms with Gasteiger partial charge in [-0.15, -0.1) is 0 Å². The number of carbonyl (C=O) groups is 1. The Hall–Kier alpha value is -0.650. The van der Waals surface area contributed by atoms with Crippen LogP contribution in [0, 0.1) is 11.8 Å². The van der Waals surface area contributed by atoms with E-state index in [-0.39, 0.29) is 17.7 Å². The summed E-state index contributed by atoms with van der Waals surface area (Å²) in [5.41, 5.74) is 0.370. The maximum absolute atomic E-state index is 12.1. The first-order valence-electron chi connectivity index (χ1n) is 6.32. The first-order chi connectivity index (χ1) is 9.11. The van der Waals surface area contributed by atoms with Crippen LogP contribution in [0.5, 0.6) is 0 Å². The van der Waals surface area contributed by atoms with Gasteiger partial charge < -0.3 is 10.4 Å². The van der Waals surface area contributed by atoms with Gasteiger partial charge >= 0.3 is 0 Å². The SMILES string of the molecule is O=C(NCC1CCCC1CO)c1cc(Br)cnc1Cl. The van der Waals surface area contributed by atoms with Crippen molar-refractivity contribution >= 4 is 33.4 Å². The molecule has 1 fully saturated rings. The van der Waals surface area contributed by atoms with Gasteiger partial charge in [-0.3, -0.25) is 4.79 Å². The molecule has 104 valence electrons. The van der Waals surface area contributed by atoms with Gasteiger partial charge in [-0.1, -0.05) is 18.0 Å². The second-order valence-electron chi connectivity index (χ2n) is 4.84. The predicted molar refractivity (Wildman–Crippen MR) is 77.2 cm³/mol. The van der Waals surface area contributed by atoms with Gasteiger partial charge in [0.2, 0.25) is 0 Å². The van der Waals surface area contributed by atoms with E-state index < -0.39 is 0 Å². The van der Waals surface area contributed by atoms with Crippen LogP contribution in [0.3, 0.4) is 0 Å². The minimum atomic E-state index is -0.220. The summed E-state index contributed by atoms with van der Waals surface area (Å²) < 4.78 is 0.719. The Morgan fingerprint density at radius 2 is 2.26 bits per heavy atom. The van der Waals surface area contributed by atoms with E-state index in [0.29, 0.717) is 23.9 Å². The second-order valence-corrected chi connectivity index (χ2v) is 6.11. The van der Waals surface area contributed by atoms with Crippen LogP contribution in [-0.4, -0.2) is 29.1 Å². The highest BCUT2D eigenvalue weighted by molar-refractivity contribution is 9.10. The molecule has 0 spiro atoms. The fourth-order valence-electron chi connectivity index (χ4n) is 2.52. The van der Waals surface area contributed by atoms with Crippen LogP contribution in [-0.2, 0) is 0 Å². The largest absolute Gasteiger partial charge is 0.396 e. The molecule has 2 unspecified atom stereocenters. The van der Waals surface area contributed by atoms with E-state index in [9.17, 15) is 9.90 Å².